The Morgan fingerprint density at radius 2 is 0.917 bits per heavy atom. The molecule has 2 heteroatoms. The van der Waals surface area contributed by atoms with Gasteiger partial charge >= 0.3 is 0 Å². The number of benzene rings is 9. The van der Waals surface area contributed by atoms with Gasteiger partial charge in [-0.25, -0.2) is 0 Å². The second-order valence-corrected chi connectivity index (χ2v) is 12.5. The number of furan rings is 1. The van der Waals surface area contributed by atoms with E-state index in [1.54, 1.807) is 0 Å². The van der Waals surface area contributed by atoms with Crippen molar-refractivity contribution < 1.29 is 4.42 Å². The molecule has 10 aromatic rings. The Labute approximate surface area is 277 Å². The van der Waals surface area contributed by atoms with Crippen LogP contribution in [0, 0.1) is 0 Å². The molecule has 2 nitrogen and oxygen atoms in total. The summed E-state index contributed by atoms with van der Waals surface area (Å²) >= 11 is 0. The highest BCUT2D eigenvalue weighted by Crippen LogP contribution is 2.46. The summed E-state index contributed by atoms with van der Waals surface area (Å²) in [7, 11) is 0. The fraction of sp³-hybridized carbons (Fsp3) is 0. The van der Waals surface area contributed by atoms with Gasteiger partial charge < -0.3 is 9.32 Å². The average molecular weight is 612 g/mol. The van der Waals surface area contributed by atoms with Crippen LogP contribution in [0.2, 0.25) is 0 Å². The quantitative estimate of drug-likeness (QED) is 0.184. The van der Waals surface area contributed by atoms with E-state index in [1.807, 2.05) is 0 Å². The highest BCUT2D eigenvalue weighted by molar-refractivity contribution is 6.20. The minimum Gasteiger partial charge on any atom is -0.455 e. The highest BCUT2D eigenvalue weighted by atomic mass is 16.3. The number of hydrogen-bond acceptors (Lipinski definition) is 2. The number of rotatable bonds is 4. The molecular weight excluding hydrogens is 583 g/mol. The molecule has 0 unspecified atom stereocenters. The lowest BCUT2D eigenvalue weighted by atomic mass is 9.97. The Bertz CT molecular complexity index is 2840. The van der Waals surface area contributed by atoms with Crippen molar-refractivity contribution in [3.05, 3.63) is 176 Å². The molecule has 0 aliphatic heterocycles. The number of fused-ring (bicyclic) bond motifs is 9. The van der Waals surface area contributed by atoms with Crippen molar-refractivity contribution in [1.29, 1.82) is 0 Å². The Hall–Kier alpha value is -6.38. The van der Waals surface area contributed by atoms with Crippen LogP contribution in [0.3, 0.4) is 0 Å². The highest BCUT2D eigenvalue weighted by Gasteiger charge is 2.21. The van der Waals surface area contributed by atoms with Crippen molar-refractivity contribution in [2.75, 3.05) is 4.90 Å². The molecule has 10 rings (SSSR count). The first-order valence-electron chi connectivity index (χ1n) is 16.4. The van der Waals surface area contributed by atoms with Gasteiger partial charge in [-0.05, 0) is 85.9 Å². The number of anilines is 3. The van der Waals surface area contributed by atoms with Gasteiger partial charge in [0.15, 0.2) is 0 Å². The van der Waals surface area contributed by atoms with E-state index in [1.165, 1.54) is 48.8 Å². The van der Waals surface area contributed by atoms with Crippen LogP contribution in [0.1, 0.15) is 0 Å². The molecule has 0 aliphatic rings. The molecule has 1 aromatic heterocycles. The molecule has 1 heterocycles. The first-order chi connectivity index (χ1) is 23.8. The van der Waals surface area contributed by atoms with Crippen LogP contribution in [0.25, 0.3) is 76.2 Å². The van der Waals surface area contributed by atoms with Crippen LogP contribution < -0.4 is 4.90 Å². The third kappa shape index (κ3) is 4.13. The minimum absolute atomic E-state index is 0.879. The Balaban J connectivity index is 1.17. The fourth-order valence-corrected chi connectivity index (χ4v) is 7.53. The van der Waals surface area contributed by atoms with Crippen LogP contribution >= 0.6 is 0 Å². The topological polar surface area (TPSA) is 16.4 Å². The summed E-state index contributed by atoms with van der Waals surface area (Å²) in [5, 5.41) is 12.0. The molecule has 9 aromatic carbocycles. The first-order valence-corrected chi connectivity index (χ1v) is 16.4. The van der Waals surface area contributed by atoms with E-state index in [0.29, 0.717) is 0 Å². The zero-order valence-corrected chi connectivity index (χ0v) is 26.1. The molecule has 0 radical (unpaired) electrons. The van der Waals surface area contributed by atoms with Gasteiger partial charge in [0.25, 0.3) is 0 Å². The van der Waals surface area contributed by atoms with Crippen LogP contribution in [0.5, 0.6) is 0 Å². The van der Waals surface area contributed by atoms with Crippen molar-refractivity contribution in [1.82, 2.24) is 0 Å². The van der Waals surface area contributed by atoms with Gasteiger partial charge in [-0.15, -0.1) is 0 Å². The minimum atomic E-state index is 0.879. The van der Waals surface area contributed by atoms with Gasteiger partial charge in [-0.1, -0.05) is 133 Å². The number of nitrogens with zero attached hydrogens (tertiary/aromatic N) is 1. The van der Waals surface area contributed by atoms with Crippen molar-refractivity contribution in [2.24, 2.45) is 0 Å². The standard InChI is InChI=1S/C46H29NO/c1-4-13-37-32(10-1)19-20-35-29-34(24-27-38(35)37)30-21-25-36(26-22-30)47(42-16-7-12-31-9-2-5-14-39(31)42)43-17-8-18-44-45(43)41-28-23-33-11-3-6-15-40(33)46(41)48-44/h1-29H. The normalized spacial score (nSPS) is 11.8. The van der Waals surface area contributed by atoms with Crippen molar-refractivity contribution in [3.8, 4) is 11.1 Å². The molecule has 0 bridgehead atoms. The monoisotopic (exact) mass is 611 g/mol. The maximum Gasteiger partial charge on any atom is 0.143 e. The predicted octanol–water partition coefficient (Wildman–Crippen LogP) is 13.3. The van der Waals surface area contributed by atoms with Crippen LogP contribution in [-0.4, -0.2) is 0 Å². The van der Waals surface area contributed by atoms with E-state index in [2.05, 4.69) is 181 Å². The molecule has 0 N–H and O–H groups in total. The maximum absolute atomic E-state index is 6.63. The zero-order valence-electron chi connectivity index (χ0n) is 26.1. The van der Waals surface area contributed by atoms with Crippen molar-refractivity contribution in [2.45, 2.75) is 0 Å². The molecule has 0 aliphatic carbocycles. The summed E-state index contributed by atoms with van der Waals surface area (Å²) < 4.78 is 6.63. The lowest BCUT2D eigenvalue weighted by Gasteiger charge is -2.27. The van der Waals surface area contributed by atoms with Crippen LogP contribution in [0.4, 0.5) is 17.1 Å². The van der Waals surface area contributed by atoms with Crippen LogP contribution in [0.15, 0.2) is 180 Å². The summed E-state index contributed by atoms with van der Waals surface area (Å²) in [6.07, 6.45) is 0. The van der Waals surface area contributed by atoms with Gasteiger partial charge in [0.1, 0.15) is 11.2 Å². The summed E-state index contributed by atoms with van der Waals surface area (Å²) in [5.74, 6) is 0. The molecule has 0 amide bonds. The summed E-state index contributed by atoms with van der Waals surface area (Å²) in [5.41, 5.74) is 7.49. The molecule has 0 atom stereocenters. The second kappa shape index (κ2) is 10.6. The smallest absolute Gasteiger partial charge is 0.143 e. The lowest BCUT2D eigenvalue weighted by molar-refractivity contribution is 0.672. The fourth-order valence-electron chi connectivity index (χ4n) is 7.53. The van der Waals surface area contributed by atoms with E-state index in [0.717, 1.165) is 44.4 Å². The summed E-state index contributed by atoms with van der Waals surface area (Å²) in [6.45, 7) is 0. The molecule has 0 saturated carbocycles. The number of hydrogen-bond donors (Lipinski definition) is 0. The molecular formula is C46H29NO. The SMILES string of the molecule is c1ccc2c(N(c3ccc(-c4ccc5c(ccc6ccccc65)c4)cc3)c3cccc4oc5c6ccccc6ccc5c34)cccc2c1. The van der Waals surface area contributed by atoms with Gasteiger partial charge in [-0.3, -0.25) is 0 Å². The second-order valence-electron chi connectivity index (χ2n) is 12.5. The molecule has 0 saturated heterocycles. The van der Waals surface area contributed by atoms with E-state index >= 15 is 0 Å². The van der Waals surface area contributed by atoms with Crippen molar-refractivity contribution in [3.63, 3.8) is 0 Å². The largest absolute Gasteiger partial charge is 0.455 e. The van der Waals surface area contributed by atoms with Gasteiger partial charge in [-0.2, -0.15) is 0 Å². The van der Waals surface area contributed by atoms with Crippen LogP contribution in [-0.2, 0) is 0 Å². The third-order valence-corrected chi connectivity index (χ3v) is 9.82. The predicted molar refractivity (Wildman–Crippen MR) is 204 cm³/mol. The molecule has 0 fully saturated rings. The Morgan fingerprint density at radius 3 is 1.75 bits per heavy atom. The van der Waals surface area contributed by atoms with Gasteiger partial charge in [0.05, 0.1) is 16.8 Å². The zero-order chi connectivity index (χ0) is 31.6. The molecule has 224 valence electrons. The van der Waals surface area contributed by atoms with Gasteiger partial charge in [0.2, 0.25) is 0 Å². The first kappa shape index (κ1) is 26.8. The van der Waals surface area contributed by atoms with E-state index < -0.39 is 0 Å². The molecule has 0 spiro atoms. The summed E-state index contributed by atoms with van der Waals surface area (Å²) in [4.78, 5) is 2.39. The lowest BCUT2D eigenvalue weighted by Crippen LogP contribution is -2.10. The van der Waals surface area contributed by atoms with E-state index in [-0.39, 0.29) is 0 Å². The van der Waals surface area contributed by atoms with E-state index in [4.69, 9.17) is 4.42 Å². The maximum atomic E-state index is 6.63. The molecule has 48 heavy (non-hydrogen) atoms. The van der Waals surface area contributed by atoms with Gasteiger partial charge in [0, 0.05) is 21.8 Å². The van der Waals surface area contributed by atoms with E-state index in [9.17, 15) is 0 Å². The summed E-state index contributed by atoms with van der Waals surface area (Å²) in [6, 6.07) is 63.3. The average Bonchev–Trinajstić information content (AvgIpc) is 3.55. The van der Waals surface area contributed by atoms with Crippen molar-refractivity contribution >= 4 is 82.1 Å². The third-order valence-electron chi connectivity index (χ3n) is 9.82. The Kier molecular flexibility index (Phi) is 5.91. The Morgan fingerprint density at radius 1 is 0.354 bits per heavy atom.